The normalized spacial score (nSPS) is 19.3. The maximum Gasteiger partial charge on any atom is 0.0981 e. The molecule has 4 heteroatoms. The van der Waals surface area contributed by atoms with Crippen LogP contribution < -0.4 is 5.32 Å². The van der Waals surface area contributed by atoms with Crippen LogP contribution in [0.25, 0.3) is 0 Å². The van der Waals surface area contributed by atoms with E-state index >= 15 is 0 Å². The third-order valence-corrected chi connectivity index (χ3v) is 4.91. The summed E-state index contributed by atoms with van der Waals surface area (Å²) in [6.07, 6.45) is 6.16. The summed E-state index contributed by atoms with van der Waals surface area (Å²) in [6.45, 7) is 8.07. The van der Waals surface area contributed by atoms with Crippen molar-refractivity contribution in [3.8, 4) is 0 Å². The summed E-state index contributed by atoms with van der Waals surface area (Å²) >= 11 is 1.77. The van der Waals surface area contributed by atoms with Gasteiger partial charge >= 0.3 is 0 Å². The Morgan fingerprint density at radius 3 is 2.61 bits per heavy atom. The second kappa shape index (κ2) is 5.27. The molecule has 1 aliphatic carbocycles. The zero-order valence-electron chi connectivity index (χ0n) is 11.6. The Kier molecular flexibility index (Phi) is 4.09. The van der Waals surface area contributed by atoms with Gasteiger partial charge in [-0.15, -0.1) is 11.3 Å². The van der Waals surface area contributed by atoms with E-state index < -0.39 is 5.60 Å². The van der Waals surface area contributed by atoms with Gasteiger partial charge in [-0.1, -0.05) is 33.6 Å². The number of thiazole rings is 1. The number of hydrogen-bond acceptors (Lipinski definition) is 4. The van der Waals surface area contributed by atoms with Crippen molar-refractivity contribution in [2.45, 2.75) is 64.0 Å². The summed E-state index contributed by atoms with van der Waals surface area (Å²) in [7, 11) is 0. The first-order valence-corrected chi connectivity index (χ1v) is 7.59. The predicted octanol–water partition coefficient (Wildman–Crippen LogP) is 2.84. The Balaban J connectivity index is 1.82. The number of aromatic nitrogens is 1. The van der Waals surface area contributed by atoms with Crippen molar-refractivity contribution in [1.29, 1.82) is 0 Å². The van der Waals surface area contributed by atoms with E-state index in [1.807, 2.05) is 6.20 Å². The molecule has 102 valence electrons. The van der Waals surface area contributed by atoms with Gasteiger partial charge in [-0.25, -0.2) is 4.98 Å². The number of hydrogen-bond donors (Lipinski definition) is 2. The van der Waals surface area contributed by atoms with Crippen LogP contribution in [0.2, 0.25) is 0 Å². The number of aliphatic hydroxyl groups is 1. The Hall–Kier alpha value is -0.450. The first kappa shape index (κ1) is 14.0. The van der Waals surface area contributed by atoms with Crippen molar-refractivity contribution in [2.24, 2.45) is 0 Å². The molecule has 3 nitrogen and oxygen atoms in total. The summed E-state index contributed by atoms with van der Waals surface area (Å²) < 4.78 is 0. The molecule has 0 spiro atoms. The van der Waals surface area contributed by atoms with Crippen molar-refractivity contribution in [1.82, 2.24) is 10.3 Å². The van der Waals surface area contributed by atoms with Gasteiger partial charge in [-0.3, -0.25) is 0 Å². The summed E-state index contributed by atoms with van der Waals surface area (Å²) in [4.78, 5) is 5.72. The topological polar surface area (TPSA) is 45.2 Å². The van der Waals surface area contributed by atoms with Crippen LogP contribution in [-0.4, -0.2) is 22.2 Å². The van der Waals surface area contributed by atoms with E-state index in [0.29, 0.717) is 6.54 Å². The van der Waals surface area contributed by atoms with Crippen molar-refractivity contribution < 1.29 is 5.11 Å². The lowest BCUT2D eigenvalue weighted by atomic mass is 9.98. The SMILES string of the molecule is CC(C)(C)c1ncc(CNCC2(O)CCCC2)s1. The van der Waals surface area contributed by atoms with Crippen LogP contribution in [-0.2, 0) is 12.0 Å². The summed E-state index contributed by atoms with van der Waals surface area (Å²) in [5.41, 5.74) is -0.329. The minimum Gasteiger partial charge on any atom is -0.389 e. The van der Waals surface area contributed by atoms with Crippen LogP contribution in [0.3, 0.4) is 0 Å². The van der Waals surface area contributed by atoms with Crippen molar-refractivity contribution in [3.05, 3.63) is 16.1 Å². The fourth-order valence-corrected chi connectivity index (χ4v) is 3.30. The molecule has 1 aliphatic rings. The van der Waals surface area contributed by atoms with Gasteiger partial charge in [-0.2, -0.15) is 0 Å². The van der Waals surface area contributed by atoms with Crippen molar-refractivity contribution >= 4 is 11.3 Å². The summed E-state index contributed by atoms with van der Waals surface area (Å²) in [5, 5.41) is 14.8. The largest absolute Gasteiger partial charge is 0.389 e. The predicted molar refractivity (Wildman–Crippen MR) is 75.9 cm³/mol. The maximum absolute atomic E-state index is 10.2. The van der Waals surface area contributed by atoms with Gasteiger partial charge in [0.25, 0.3) is 0 Å². The van der Waals surface area contributed by atoms with Gasteiger partial charge in [-0.05, 0) is 12.8 Å². The third kappa shape index (κ3) is 3.53. The molecule has 0 bridgehead atoms. The molecule has 1 aromatic heterocycles. The lowest BCUT2D eigenvalue weighted by molar-refractivity contribution is 0.0475. The average Bonchev–Trinajstić information content (AvgIpc) is 2.87. The Labute approximate surface area is 114 Å². The second-order valence-electron chi connectivity index (χ2n) is 6.42. The van der Waals surface area contributed by atoms with Gasteiger partial charge in [0, 0.05) is 29.6 Å². The van der Waals surface area contributed by atoms with Crippen LogP contribution in [0.1, 0.15) is 56.3 Å². The van der Waals surface area contributed by atoms with E-state index in [2.05, 4.69) is 31.1 Å². The van der Waals surface area contributed by atoms with E-state index in [9.17, 15) is 5.11 Å². The highest BCUT2D eigenvalue weighted by Gasteiger charge is 2.30. The van der Waals surface area contributed by atoms with Crippen molar-refractivity contribution in [3.63, 3.8) is 0 Å². The van der Waals surface area contributed by atoms with Crippen LogP contribution in [0, 0.1) is 0 Å². The molecule has 1 saturated carbocycles. The standard InChI is InChI=1S/C14H24N2OS/c1-13(2,3)12-16-9-11(18-12)8-15-10-14(17)6-4-5-7-14/h9,15,17H,4-8,10H2,1-3H3. The molecule has 1 fully saturated rings. The van der Waals surface area contributed by atoms with E-state index in [4.69, 9.17) is 0 Å². The molecule has 18 heavy (non-hydrogen) atoms. The van der Waals surface area contributed by atoms with E-state index in [0.717, 1.165) is 32.2 Å². The molecule has 0 unspecified atom stereocenters. The number of nitrogens with one attached hydrogen (secondary N) is 1. The smallest absolute Gasteiger partial charge is 0.0981 e. The fourth-order valence-electron chi connectivity index (χ4n) is 2.36. The zero-order chi connectivity index (χ0) is 13.2. The highest BCUT2D eigenvalue weighted by atomic mass is 32.1. The summed E-state index contributed by atoms with van der Waals surface area (Å²) in [5.74, 6) is 0. The van der Waals surface area contributed by atoms with Crippen LogP contribution in [0.5, 0.6) is 0 Å². The van der Waals surface area contributed by atoms with Crippen LogP contribution >= 0.6 is 11.3 Å². The first-order chi connectivity index (χ1) is 8.39. The first-order valence-electron chi connectivity index (χ1n) is 6.77. The molecule has 0 aliphatic heterocycles. The molecule has 2 N–H and O–H groups in total. The van der Waals surface area contributed by atoms with E-state index in [1.54, 1.807) is 11.3 Å². The molecule has 0 radical (unpaired) electrons. The molecule has 1 aromatic rings. The highest BCUT2D eigenvalue weighted by Crippen LogP contribution is 2.29. The molecule has 1 heterocycles. The average molecular weight is 268 g/mol. The zero-order valence-corrected chi connectivity index (χ0v) is 12.4. The fraction of sp³-hybridized carbons (Fsp3) is 0.786. The Morgan fingerprint density at radius 2 is 2.06 bits per heavy atom. The quantitative estimate of drug-likeness (QED) is 0.882. The Morgan fingerprint density at radius 1 is 1.39 bits per heavy atom. The minimum absolute atomic E-state index is 0.132. The van der Waals surface area contributed by atoms with Gasteiger partial charge < -0.3 is 10.4 Å². The molecule has 0 aromatic carbocycles. The number of rotatable bonds is 4. The molecule has 2 rings (SSSR count). The molecule has 0 amide bonds. The lowest BCUT2D eigenvalue weighted by Crippen LogP contribution is -2.37. The monoisotopic (exact) mass is 268 g/mol. The second-order valence-corrected chi connectivity index (χ2v) is 7.53. The lowest BCUT2D eigenvalue weighted by Gasteiger charge is -2.22. The highest BCUT2D eigenvalue weighted by molar-refractivity contribution is 7.11. The number of nitrogens with zero attached hydrogens (tertiary/aromatic N) is 1. The minimum atomic E-state index is -0.461. The van der Waals surface area contributed by atoms with Gasteiger partial charge in [0.1, 0.15) is 0 Å². The van der Waals surface area contributed by atoms with Crippen LogP contribution in [0.4, 0.5) is 0 Å². The molecular formula is C14H24N2OS. The van der Waals surface area contributed by atoms with Crippen molar-refractivity contribution in [2.75, 3.05) is 6.54 Å². The van der Waals surface area contributed by atoms with E-state index in [-0.39, 0.29) is 5.41 Å². The van der Waals surface area contributed by atoms with Crippen LogP contribution in [0.15, 0.2) is 6.20 Å². The van der Waals surface area contributed by atoms with Gasteiger partial charge in [0.2, 0.25) is 0 Å². The van der Waals surface area contributed by atoms with E-state index in [1.165, 1.54) is 9.88 Å². The third-order valence-electron chi connectivity index (χ3n) is 3.48. The Bertz CT molecular complexity index is 389. The molecular weight excluding hydrogens is 244 g/mol. The van der Waals surface area contributed by atoms with Gasteiger partial charge in [0.15, 0.2) is 0 Å². The van der Waals surface area contributed by atoms with Gasteiger partial charge in [0.05, 0.1) is 10.6 Å². The summed E-state index contributed by atoms with van der Waals surface area (Å²) in [6, 6.07) is 0. The maximum atomic E-state index is 10.2. The molecule has 0 saturated heterocycles. The molecule has 0 atom stereocenters.